The molecule has 0 radical (unpaired) electrons. The van der Waals surface area contributed by atoms with Crippen LogP contribution in [0, 0.1) is 0 Å². The fourth-order valence-electron chi connectivity index (χ4n) is 2.58. The maximum Gasteiger partial charge on any atom is 0.0437 e. The quantitative estimate of drug-likeness (QED) is 0.834. The van der Waals surface area contributed by atoms with E-state index in [2.05, 4.69) is 60.5 Å². The zero-order valence-corrected chi connectivity index (χ0v) is 12.1. The summed E-state index contributed by atoms with van der Waals surface area (Å²) in [4.78, 5) is 2.32. The Balaban J connectivity index is 1.97. The zero-order chi connectivity index (χ0) is 14.2. The van der Waals surface area contributed by atoms with Crippen molar-refractivity contribution in [1.29, 1.82) is 0 Å². The van der Waals surface area contributed by atoms with Crippen molar-refractivity contribution in [2.24, 2.45) is 0 Å². The van der Waals surface area contributed by atoms with Crippen molar-refractivity contribution in [2.75, 3.05) is 20.2 Å². The van der Waals surface area contributed by atoms with Gasteiger partial charge in [-0.15, -0.1) is 0 Å². The molecule has 0 aromatic heterocycles. The summed E-state index contributed by atoms with van der Waals surface area (Å²) in [5, 5.41) is 9.28. The molecule has 0 aliphatic carbocycles. The van der Waals surface area contributed by atoms with Crippen molar-refractivity contribution >= 4 is 0 Å². The number of hydrogen-bond donors (Lipinski definition) is 1. The van der Waals surface area contributed by atoms with Crippen molar-refractivity contribution in [3.8, 4) is 0 Å². The number of rotatable bonds is 7. The third kappa shape index (κ3) is 4.48. The van der Waals surface area contributed by atoms with Gasteiger partial charge >= 0.3 is 0 Å². The molecule has 2 rings (SSSR count). The number of aliphatic hydroxyl groups is 1. The third-order valence-corrected chi connectivity index (χ3v) is 3.58. The summed E-state index contributed by atoms with van der Waals surface area (Å²) in [5.41, 5.74) is 2.63. The maximum atomic E-state index is 9.28. The van der Waals surface area contributed by atoms with E-state index in [1.807, 2.05) is 12.1 Å². The summed E-state index contributed by atoms with van der Waals surface area (Å²) in [6, 6.07) is 21.0. The molecular weight excluding hydrogens is 246 g/mol. The van der Waals surface area contributed by atoms with Crippen LogP contribution in [0.2, 0.25) is 0 Å². The minimum Gasteiger partial charge on any atom is -0.396 e. The first-order valence-corrected chi connectivity index (χ1v) is 7.18. The van der Waals surface area contributed by atoms with Gasteiger partial charge in [0.1, 0.15) is 0 Å². The first-order chi connectivity index (χ1) is 9.79. The van der Waals surface area contributed by atoms with Crippen LogP contribution in [0.3, 0.4) is 0 Å². The zero-order valence-electron chi connectivity index (χ0n) is 12.1. The fourth-order valence-corrected chi connectivity index (χ4v) is 2.58. The molecule has 0 spiro atoms. The predicted molar refractivity (Wildman–Crippen MR) is 83.7 cm³/mol. The van der Waals surface area contributed by atoms with Gasteiger partial charge in [0.25, 0.3) is 0 Å². The first-order valence-electron chi connectivity index (χ1n) is 7.18. The Kier molecular flexibility index (Phi) is 5.78. The molecule has 0 unspecified atom stereocenters. The van der Waals surface area contributed by atoms with Gasteiger partial charge in [-0.1, -0.05) is 60.7 Å². The molecule has 0 heterocycles. The van der Waals surface area contributed by atoms with Crippen molar-refractivity contribution < 1.29 is 5.11 Å². The van der Waals surface area contributed by atoms with E-state index in [1.165, 1.54) is 11.1 Å². The second-order valence-corrected chi connectivity index (χ2v) is 5.30. The van der Waals surface area contributed by atoms with Crippen LogP contribution >= 0.6 is 0 Å². The summed E-state index contributed by atoms with van der Waals surface area (Å²) in [5.74, 6) is 0.384. The summed E-state index contributed by atoms with van der Waals surface area (Å²) >= 11 is 0. The highest BCUT2D eigenvalue weighted by molar-refractivity contribution is 5.20. The molecule has 2 nitrogen and oxygen atoms in total. The molecule has 0 aliphatic rings. The number of nitrogens with zero attached hydrogens (tertiary/aromatic N) is 1. The van der Waals surface area contributed by atoms with E-state index < -0.39 is 0 Å². The Morgan fingerprint density at radius 2 is 1.55 bits per heavy atom. The minimum absolute atomic E-state index is 0.235. The van der Waals surface area contributed by atoms with Crippen LogP contribution in [0.25, 0.3) is 0 Å². The maximum absolute atomic E-state index is 9.28. The van der Waals surface area contributed by atoms with Crippen LogP contribution in [0.1, 0.15) is 23.5 Å². The molecule has 0 amide bonds. The third-order valence-electron chi connectivity index (χ3n) is 3.58. The average molecular weight is 269 g/mol. The summed E-state index contributed by atoms with van der Waals surface area (Å²) in [7, 11) is 2.14. The van der Waals surface area contributed by atoms with Gasteiger partial charge in [0.15, 0.2) is 0 Å². The van der Waals surface area contributed by atoms with Crippen LogP contribution in [0.4, 0.5) is 0 Å². The largest absolute Gasteiger partial charge is 0.396 e. The highest BCUT2D eigenvalue weighted by Crippen LogP contribution is 2.20. The Morgan fingerprint density at radius 1 is 0.950 bits per heavy atom. The van der Waals surface area contributed by atoms with Gasteiger partial charge < -0.3 is 10.0 Å². The number of benzene rings is 2. The summed E-state index contributed by atoms with van der Waals surface area (Å²) in [6.07, 6.45) is 0.809. The van der Waals surface area contributed by atoms with Crippen molar-refractivity contribution in [3.05, 3.63) is 71.8 Å². The van der Waals surface area contributed by atoms with E-state index in [-0.39, 0.29) is 6.61 Å². The SMILES string of the molecule is CN(Cc1ccccc1)C[C@H](CCO)c1ccccc1. The highest BCUT2D eigenvalue weighted by Gasteiger charge is 2.13. The van der Waals surface area contributed by atoms with Gasteiger partial charge in [-0.2, -0.15) is 0 Å². The lowest BCUT2D eigenvalue weighted by molar-refractivity contribution is 0.243. The number of hydrogen-bond acceptors (Lipinski definition) is 2. The molecule has 0 aliphatic heterocycles. The molecule has 20 heavy (non-hydrogen) atoms. The Hall–Kier alpha value is -1.64. The first kappa shape index (κ1) is 14.8. The fraction of sp³-hybridized carbons (Fsp3) is 0.333. The lowest BCUT2D eigenvalue weighted by Gasteiger charge is -2.24. The van der Waals surface area contributed by atoms with E-state index in [0.29, 0.717) is 5.92 Å². The molecule has 0 saturated heterocycles. The van der Waals surface area contributed by atoms with Gasteiger partial charge in [-0.25, -0.2) is 0 Å². The van der Waals surface area contributed by atoms with E-state index >= 15 is 0 Å². The highest BCUT2D eigenvalue weighted by atomic mass is 16.3. The van der Waals surface area contributed by atoms with Gasteiger partial charge in [0.05, 0.1) is 0 Å². The molecule has 1 atom stereocenters. The second-order valence-electron chi connectivity index (χ2n) is 5.30. The normalized spacial score (nSPS) is 12.6. The molecule has 0 saturated carbocycles. The Bertz CT molecular complexity index is 483. The van der Waals surface area contributed by atoms with E-state index in [4.69, 9.17) is 0 Å². The monoisotopic (exact) mass is 269 g/mol. The lowest BCUT2D eigenvalue weighted by atomic mass is 9.95. The second kappa shape index (κ2) is 7.83. The number of likely N-dealkylation sites (N-methyl/N-ethyl adjacent to an activating group) is 1. The van der Waals surface area contributed by atoms with Crippen LogP contribution in [-0.4, -0.2) is 30.2 Å². The molecule has 2 aromatic rings. The molecule has 0 bridgehead atoms. The summed E-state index contributed by atoms with van der Waals surface area (Å²) in [6.45, 7) is 2.13. The van der Waals surface area contributed by atoms with Crippen LogP contribution < -0.4 is 0 Å². The standard InChI is InChI=1S/C18H23NO/c1-19(14-16-8-4-2-5-9-16)15-18(12-13-20)17-10-6-3-7-11-17/h2-11,18,20H,12-15H2,1H3/t18-/m0/s1. The molecule has 106 valence electrons. The topological polar surface area (TPSA) is 23.5 Å². The minimum atomic E-state index is 0.235. The molecule has 0 fully saturated rings. The Morgan fingerprint density at radius 3 is 2.15 bits per heavy atom. The smallest absolute Gasteiger partial charge is 0.0437 e. The number of aliphatic hydroxyl groups excluding tert-OH is 1. The van der Waals surface area contributed by atoms with Gasteiger partial charge in [-0.3, -0.25) is 0 Å². The molecular formula is C18H23NO. The van der Waals surface area contributed by atoms with Crippen molar-refractivity contribution in [2.45, 2.75) is 18.9 Å². The molecule has 2 aromatic carbocycles. The van der Waals surface area contributed by atoms with E-state index in [9.17, 15) is 5.11 Å². The van der Waals surface area contributed by atoms with Crippen LogP contribution in [0.15, 0.2) is 60.7 Å². The predicted octanol–water partition coefficient (Wildman–Crippen LogP) is 3.28. The van der Waals surface area contributed by atoms with Gasteiger partial charge in [0, 0.05) is 19.7 Å². The van der Waals surface area contributed by atoms with Crippen molar-refractivity contribution in [3.63, 3.8) is 0 Å². The van der Waals surface area contributed by atoms with E-state index in [1.54, 1.807) is 0 Å². The molecule has 1 N–H and O–H groups in total. The molecule has 2 heteroatoms. The summed E-state index contributed by atoms with van der Waals surface area (Å²) < 4.78 is 0. The van der Waals surface area contributed by atoms with Gasteiger partial charge in [0.2, 0.25) is 0 Å². The van der Waals surface area contributed by atoms with E-state index in [0.717, 1.165) is 19.5 Å². The van der Waals surface area contributed by atoms with Crippen molar-refractivity contribution in [1.82, 2.24) is 4.90 Å². The lowest BCUT2D eigenvalue weighted by Crippen LogP contribution is -2.25. The van der Waals surface area contributed by atoms with Crippen LogP contribution in [0.5, 0.6) is 0 Å². The van der Waals surface area contributed by atoms with Crippen LogP contribution in [-0.2, 0) is 6.54 Å². The van der Waals surface area contributed by atoms with Gasteiger partial charge in [-0.05, 0) is 30.5 Å². The Labute approximate surface area is 121 Å². The average Bonchev–Trinajstić information content (AvgIpc) is 2.49.